The number of carboxylic acid groups (broad SMARTS) is 2. The van der Waals surface area contributed by atoms with Gasteiger partial charge in [0.25, 0.3) is 0 Å². The summed E-state index contributed by atoms with van der Waals surface area (Å²) in [4.78, 5) is 26.6. The number of ether oxygens (including phenoxy) is 15. The van der Waals surface area contributed by atoms with Crippen LogP contribution in [0.5, 0.6) is 0 Å². The Morgan fingerprint density at radius 3 is 1.26 bits per heavy atom. The van der Waals surface area contributed by atoms with Crippen molar-refractivity contribution in [2.75, 3.05) is 96.9 Å². The Kier molecular flexibility index (Phi) is 41.2. The molecule has 15 fully saturated rings. The zero-order valence-electron chi connectivity index (χ0n) is 70.9. The number of aliphatic hydroxyl groups excluding tert-OH is 14. The maximum absolute atomic E-state index is 13.1. The van der Waals surface area contributed by atoms with Gasteiger partial charge >= 0.3 is 0 Å². The minimum atomic E-state index is -6.15. The Labute approximate surface area is 796 Å². The van der Waals surface area contributed by atoms with Gasteiger partial charge in [-0.15, -0.1) is 0 Å². The molecule has 0 saturated carbocycles. The molecule has 0 amide bonds. The minimum absolute atomic E-state index is 0.00464. The molecule has 792 valence electrons. The van der Waals surface area contributed by atoms with E-state index in [4.69, 9.17) is 108 Å². The molecular weight excluding hydrogens is 2050 g/mol. The molecule has 0 aromatic carbocycles. The van der Waals surface area contributed by atoms with Gasteiger partial charge < -0.3 is 222 Å². The second-order valence-electron chi connectivity index (χ2n) is 32.9. The summed E-state index contributed by atoms with van der Waals surface area (Å²) in [6.45, 7) is -4.02. The lowest BCUT2D eigenvalue weighted by molar-refractivity contribution is -0.355. The molecule has 8 bridgehead atoms. The van der Waals surface area contributed by atoms with Gasteiger partial charge in [-0.2, -0.15) is 0 Å². The van der Waals surface area contributed by atoms with Crippen LogP contribution in [0.1, 0.15) is 38.5 Å². The Morgan fingerprint density at radius 2 is 0.825 bits per heavy atom. The van der Waals surface area contributed by atoms with Gasteiger partial charge in [0.05, 0.1) is 106 Å². The number of carbonyl (C=O) groups is 2. The summed E-state index contributed by atoms with van der Waals surface area (Å²) in [5, 5.41) is 198. The quantitative estimate of drug-likeness (QED) is 0.0203. The van der Waals surface area contributed by atoms with Crippen molar-refractivity contribution in [3.05, 3.63) is 11.8 Å². The molecule has 16 heterocycles. The summed E-state index contributed by atoms with van der Waals surface area (Å²) < 4.78 is 313. The van der Waals surface area contributed by atoms with Crippen molar-refractivity contribution in [3.8, 4) is 0 Å². The van der Waals surface area contributed by atoms with E-state index in [9.17, 15) is 169 Å². The first-order chi connectivity index (χ1) is 63.9. The van der Waals surface area contributed by atoms with Crippen LogP contribution >= 0.6 is 36.7 Å². The third-order valence-electron chi connectivity index (χ3n) is 23.4. The molecule has 62 nitrogen and oxygen atoms in total. The number of nitrogens with zero attached hydrogens (tertiary/aromatic N) is 1. The fraction of sp³-hybridized carbons (Fsp3) is 0.894. The van der Waals surface area contributed by atoms with Gasteiger partial charge in [-0.25, -0.2) is 69.4 Å². The lowest BCUT2D eigenvalue weighted by atomic mass is 9.84. The van der Waals surface area contributed by atoms with E-state index in [-0.39, 0.29) is 94.7 Å². The smallest absolute Gasteiger partial charge is 0.219 e. The monoisotopic (exact) mass is 2160 g/mol. The van der Waals surface area contributed by atoms with Gasteiger partial charge in [-0.3, -0.25) is 4.90 Å². The predicted molar refractivity (Wildman–Crippen MR) is 439 cm³/mol. The number of rotatable bonds is 37. The third-order valence-corrected chi connectivity index (χ3v) is 27.9. The standard InChI is InChI=1S/C66H113N11O51S9/c78-18-29-49-43(86)47(90)60(122-29)114-13-3-1-5-23-27(120-62(126-49)45(88)38(23)81)16-70-64(129)67-7-10-77(11-8-68-65(130)71-17-28-24-6-2-4-14-115-61-48(91)44(87)50(30(19-79)123-61)127-63(121-28)46(89)39(24)82)12-9-69-66(131)72-55-36(75-136(108,109)110)41(84)52(33(118-55)22-133(99,100)101)125-59-37(76-137(111,112)113)42(85)53(54(128-59)57(94)95)116-20-31-35(74-135(105,106)107)40(83)51(32(117-31)21-132(96,97)98)124-58-34(73-134(102,103)104)25(80)15-26(119-58)56(92)93/h15,23-25,27-55,58-63,73-76,78-91H,1-14,16-22H2,(H,92,93)(H,94,95)(H2,67,70,129)(H2,68,71,130)(H2,69,72,131)(H,96,97,98)(H,99,100,101)(H,102,103,104)(H,105,106,107)(H,108,109,110)(H,111,112,113)/p-8/t23?,24?,25-,27?,28?,29?,30?,31-,32?,33?,34?,35?,36?,37?,38+,39+,40+,41+,42+,43-,44-,45?,46?,47?,48?,49?,50?,51-,52-,53+,54?,55-,58+,59-,60+,61+,62-,63-/m1/s1. The number of carboxylic acids is 2. The van der Waals surface area contributed by atoms with Crippen LogP contribution in [0.3, 0.4) is 0 Å². The predicted octanol–water partition coefficient (Wildman–Crippen LogP) is -21.8. The summed E-state index contributed by atoms with van der Waals surface area (Å²) in [5.41, 5.74) is 0. The molecule has 0 aliphatic carbocycles. The fourth-order valence-electron chi connectivity index (χ4n) is 16.9. The van der Waals surface area contributed by atoms with Gasteiger partial charge in [0.2, 0.25) is 6.29 Å². The SMILES string of the molecule is O=C([O-])C1=C[C@@H](O)C(NS(=O)(=O)[O-])[C@H](O[C@@H]2C(CS(=O)(=O)[O-])O[C@H](CO[C@@H]3C(C(=O)[O-])O[C@@H](O[C@@H]4C(CS(=O)(=O)[O-])O[C@@H](NC(=S)NCCN(CCNC(=S)NCC5O[C@@H]6OC7C(CO)O[C@H](OCCCCC5[C@H](O)C6O)C(O)[C@H]7O)CCNC(=S)NCC5O[C@@H]6OC7C(CO)O[C@H](OCCCCC5[C@H](O)C6O)C(O)[C@H]7O)C(NS(=O)(=O)[O-])[C@@H]4O)C(NS(=O)(=O)[O-])[C@@H]3O)C(NS(=O)(=O)[O-])[C@@H]2O)O1. The lowest BCUT2D eigenvalue weighted by Gasteiger charge is -2.50. The minimum Gasteiger partial charge on any atom is -0.748 e. The normalized spacial score (nSPS) is 39.6. The number of aliphatic hydroxyl groups is 14. The summed E-state index contributed by atoms with van der Waals surface area (Å²) in [6, 6.07) is -10.8. The number of thiocarbonyl (C=S) groups is 3. The first kappa shape index (κ1) is 115. The van der Waals surface area contributed by atoms with E-state index in [1.54, 1.807) is 4.90 Å². The number of carbonyl (C=O) groups excluding carboxylic acids is 2. The zero-order valence-corrected chi connectivity index (χ0v) is 78.2. The van der Waals surface area contributed by atoms with Crippen molar-refractivity contribution >= 4 is 125 Å². The first-order valence-electron chi connectivity index (χ1n) is 41.7. The first-order valence-corrected chi connectivity index (χ1v) is 51.8. The van der Waals surface area contributed by atoms with Gasteiger partial charge in [0.15, 0.2) is 88.0 Å². The topological polar surface area (TPSA) is 969 Å². The van der Waals surface area contributed by atoms with E-state index in [0.717, 1.165) is 0 Å². The fourth-order valence-corrected chi connectivity index (χ4v) is 21.2. The van der Waals surface area contributed by atoms with Crippen LogP contribution in [0.2, 0.25) is 0 Å². The number of hydrogen-bond acceptors (Lipinski definition) is 55. The van der Waals surface area contributed by atoms with Crippen LogP contribution in [0.25, 0.3) is 0 Å². The average molecular weight is 2160 g/mol. The van der Waals surface area contributed by atoms with E-state index in [0.29, 0.717) is 25.7 Å². The molecule has 0 aromatic heterocycles. The maximum atomic E-state index is 13.1. The number of nitrogens with one attached hydrogen (secondary N) is 10. The average Bonchev–Trinajstić information content (AvgIpc) is 0.773. The molecule has 137 heavy (non-hydrogen) atoms. The van der Waals surface area contributed by atoms with Crippen LogP contribution in [0.15, 0.2) is 11.8 Å². The van der Waals surface area contributed by atoms with Crippen LogP contribution in [0, 0.1) is 11.8 Å². The van der Waals surface area contributed by atoms with Gasteiger partial charge in [-0.05, 0) is 68.4 Å². The molecule has 0 aromatic rings. The molecule has 19 unspecified atom stereocenters. The molecule has 38 atom stereocenters. The molecular formula is C66H105N11O51S9-8. The third kappa shape index (κ3) is 32.1. The van der Waals surface area contributed by atoms with Gasteiger partial charge in [0, 0.05) is 77.4 Å². The van der Waals surface area contributed by atoms with Gasteiger partial charge in [0.1, 0.15) is 146 Å². The van der Waals surface area contributed by atoms with Crippen LogP contribution in [0.4, 0.5) is 0 Å². The van der Waals surface area contributed by atoms with E-state index in [2.05, 4.69) is 31.9 Å². The van der Waals surface area contributed by atoms with E-state index >= 15 is 0 Å². The highest BCUT2D eigenvalue weighted by atomic mass is 32.3. The zero-order chi connectivity index (χ0) is 101. The highest BCUT2D eigenvalue weighted by molar-refractivity contribution is 7.86. The van der Waals surface area contributed by atoms with Crippen molar-refractivity contribution < 1.29 is 240 Å². The van der Waals surface area contributed by atoms with Gasteiger partial charge in [-0.1, -0.05) is 12.8 Å². The van der Waals surface area contributed by atoms with Crippen molar-refractivity contribution in [2.24, 2.45) is 11.8 Å². The van der Waals surface area contributed by atoms with Crippen LogP contribution < -0.4 is 61.0 Å². The summed E-state index contributed by atoms with van der Waals surface area (Å²) >= 11 is 16.8. The molecule has 0 spiro atoms. The maximum Gasteiger partial charge on any atom is 0.219 e. The second-order valence-corrected chi connectivity index (χ2v) is 41.6. The van der Waals surface area contributed by atoms with Crippen LogP contribution in [-0.4, -0.2) is 499 Å². The van der Waals surface area contributed by atoms with E-state index in [1.165, 1.54) is 18.9 Å². The van der Waals surface area contributed by atoms with Crippen molar-refractivity contribution in [1.82, 2.24) is 55.7 Å². The van der Waals surface area contributed by atoms with E-state index < -0.39 is 348 Å². The Morgan fingerprint density at radius 1 is 0.423 bits per heavy atom. The van der Waals surface area contributed by atoms with Crippen molar-refractivity contribution in [2.45, 2.75) is 259 Å². The second kappa shape index (κ2) is 49.3. The molecule has 71 heteroatoms. The molecule has 16 aliphatic rings. The Bertz CT molecular complexity index is 4690. The highest BCUT2D eigenvalue weighted by Crippen LogP contribution is 2.40. The van der Waals surface area contributed by atoms with Crippen LogP contribution in [-0.2, 0) is 142 Å². The molecule has 16 rings (SSSR count). The lowest BCUT2D eigenvalue weighted by Crippen LogP contribution is -2.72. The molecule has 24 N–H and O–H groups in total. The summed E-state index contributed by atoms with van der Waals surface area (Å²) in [6.07, 6.45) is -64.0. The largest absolute Gasteiger partial charge is 0.748 e. The summed E-state index contributed by atoms with van der Waals surface area (Å²) in [5.74, 6) is -11.8. The Balaban J connectivity index is 0.841. The molecule has 15 saturated heterocycles. The number of aliphatic carboxylic acids is 2. The highest BCUT2D eigenvalue weighted by Gasteiger charge is 2.59. The molecule has 16 aliphatic heterocycles. The van der Waals surface area contributed by atoms with E-state index in [1.807, 2.05) is 0 Å². The summed E-state index contributed by atoms with van der Waals surface area (Å²) in [7, 11) is -35.5. The molecule has 0 radical (unpaired) electrons. The number of hydrogen-bond donors (Lipinski definition) is 24. The van der Waals surface area contributed by atoms with Crippen molar-refractivity contribution in [3.63, 3.8) is 0 Å². The van der Waals surface area contributed by atoms with Crippen molar-refractivity contribution in [1.29, 1.82) is 0 Å². The Hall–Kier alpha value is -4.31.